The average Bonchev–Trinajstić information content (AvgIpc) is 3.31. The quantitative estimate of drug-likeness (QED) is 0.781. The Morgan fingerprint density at radius 1 is 1.18 bits per heavy atom. The summed E-state index contributed by atoms with van der Waals surface area (Å²) in [5.41, 5.74) is 2.07. The Morgan fingerprint density at radius 3 is 2.50 bits per heavy atom. The van der Waals surface area contributed by atoms with Gasteiger partial charge in [-0.2, -0.15) is 5.10 Å². The molecule has 1 aromatic heterocycles. The van der Waals surface area contributed by atoms with Gasteiger partial charge in [0.25, 0.3) is 0 Å². The minimum atomic E-state index is 0.0178. The summed E-state index contributed by atoms with van der Waals surface area (Å²) in [6.07, 6.45) is 4.86. The largest absolute Gasteiger partial charge is 0.342 e. The molecule has 1 aromatic carbocycles. The first kappa shape index (κ1) is 18.8. The third kappa shape index (κ3) is 4.01. The normalized spacial score (nSPS) is 22.5. The lowest BCUT2D eigenvalue weighted by Gasteiger charge is -2.31. The predicted molar refractivity (Wildman–Crippen MR) is 106 cm³/mol. The molecule has 1 amide bonds. The molecule has 2 fully saturated rings. The SMILES string of the molecule is CC(C)Cc1ccc(C(=O)C2CCN(C(=O)[C@H]3C[C@@H]3c3ncn[nH]3)CC2)cc1. The second-order valence-corrected chi connectivity index (χ2v) is 8.58. The van der Waals surface area contributed by atoms with Crippen LogP contribution in [0.4, 0.5) is 0 Å². The monoisotopic (exact) mass is 380 g/mol. The summed E-state index contributed by atoms with van der Waals surface area (Å²) in [6.45, 7) is 5.73. The van der Waals surface area contributed by atoms with E-state index >= 15 is 0 Å². The molecule has 0 bridgehead atoms. The Balaban J connectivity index is 1.29. The molecule has 6 heteroatoms. The highest BCUT2D eigenvalue weighted by molar-refractivity contribution is 5.98. The fourth-order valence-electron chi connectivity index (χ4n) is 4.27. The van der Waals surface area contributed by atoms with Crippen molar-refractivity contribution in [3.8, 4) is 0 Å². The number of carbonyl (C=O) groups excluding carboxylic acids is 2. The van der Waals surface area contributed by atoms with Gasteiger partial charge >= 0.3 is 0 Å². The zero-order chi connectivity index (χ0) is 19.7. The molecule has 1 saturated carbocycles. The van der Waals surface area contributed by atoms with E-state index in [0.717, 1.165) is 37.1 Å². The first-order chi connectivity index (χ1) is 13.5. The van der Waals surface area contributed by atoms with Crippen LogP contribution in [-0.2, 0) is 11.2 Å². The third-order valence-electron chi connectivity index (χ3n) is 5.95. The maximum atomic E-state index is 12.8. The number of ketones is 1. The fraction of sp³-hybridized carbons (Fsp3) is 0.545. The topological polar surface area (TPSA) is 79.0 Å². The summed E-state index contributed by atoms with van der Waals surface area (Å²) in [4.78, 5) is 31.6. The van der Waals surface area contributed by atoms with Gasteiger partial charge in [0.2, 0.25) is 5.91 Å². The number of carbonyl (C=O) groups is 2. The number of nitrogens with one attached hydrogen (secondary N) is 1. The van der Waals surface area contributed by atoms with E-state index in [1.807, 2.05) is 17.0 Å². The van der Waals surface area contributed by atoms with E-state index < -0.39 is 0 Å². The number of likely N-dealkylation sites (tertiary alicyclic amines) is 1. The Bertz CT molecular complexity index is 821. The third-order valence-corrected chi connectivity index (χ3v) is 5.95. The van der Waals surface area contributed by atoms with Crippen LogP contribution in [0.5, 0.6) is 0 Å². The van der Waals surface area contributed by atoms with Crippen molar-refractivity contribution in [1.82, 2.24) is 20.1 Å². The highest BCUT2D eigenvalue weighted by atomic mass is 16.2. The van der Waals surface area contributed by atoms with E-state index in [9.17, 15) is 9.59 Å². The molecule has 1 N–H and O–H groups in total. The molecule has 1 aliphatic carbocycles. The van der Waals surface area contributed by atoms with Crippen LogP contribution in [0.1, 0.15) is 60.8 Å². The number of amides is 1. The van der Waals surface area contributed by atoms with Gasteiger partial charge in [-0.05, 0) is 37.2 Å². The van der Waals surface area contributed by atoms with E-state index in [0.29, 0.717) is 19.0 Å². The van der Waals surface area contributed by atoms with Crippen LogP contribution in [-0.4, -0.2) is 44.9 Å². The Kier molecular flexibility index (Phi) is 5.29. The van der Waals surface area contributed by atoms with Gasteiger partial charge in [-0.25, -0.2) is 4.98 Å². The van der Waals surface area contributed by atoms with Gasteiger partial charge in [-0.1, -0.05) is 38.1 Å². The van der Waals surface area contributed by atoms with E-state index in [4.69, 9.17) is 0 Å². The number of H-pyrrole nitrogens is 1. The standard InChI is InChI=1S/C22H28N4O2/c1-14(2)11-15-3-5-16(6-4-15)20(27)17-7-9-26(10-8-17)22(28)19-12-18(19)21-23-13-24-25-21/h3-6,13-14,17-19H,7-12H2,1-2H3,(H,23,24,25)/t18-,19-/m0/s1. The number of benzene rings is 1. The molecule has 2 aliphatic rings. The number of Topliss-reactive ketones (excluding diaryl/α,β-unsaturated/α-hetero) is 1. The molecule has 1 saturated heterocycles. The van der Waals surface area contributed by atoms with E-state index in [1.165, 1.54) is 11.9 Å². The van der Waals surface area contributed by atoms with Crippen molar-refractivity contribution in [2.24, 2.45) is 17.8 Å². The smallest absolute Gasteiger partial charge is 0.226 e. The molecule has 2 atom stereocenters. The molecule has 4 rings (SSSR count). The van der Waals surface area contributed by atoms with Crippen molar-refractivity contribution in [2.45, 2.75) is 45.4 Å². The number of aromatic nitrogens is 3. The lowest BCUT2D eigenvalue weighted by molar-refractivity contribution is -0.133. The summed E-state index contributed by atoms with van der Waals surface area (Å²) in [5.74, 6) is 2.05. The molecule has 0 radical (unpaired) electrons. The van der Waals surface area contributed by atoms with Crippen LogP contribution < -0.4 is 0 Å². The minimum Gasteiger partial charge on any atom is -0.342 e. The number of hydrogen-bond donors (Lipinski definition) is 1. The van der Waals surface area contributed by atoms with Crippen molar-refractivity contribution in [1.29, 1.82) is 0 Å². The van der Waals surface area contributed by atoms with Crippen molar-refractivity contribution in [3.05, 3.63) is 47.5 Å². The molecular formula is C22H28N4O2. The summed E-state index contributed by atoms with van der Waals surface area (Å²) >= 11 is 0. The van der Waals surface area contributed by atoms with Gasteiger partial charge in [-0.15, -0.1) is 0 Å². The van der Waals surface area contributed by atoms with Gasteiger partial charge in [0.15, 0.2) is 5.78 Å². The number of rotatable bonds is 6. The first-order valence-corrected chi connectivity index (χ1v) is 10.3. The van der Waals surface area contributed by atoms with Crippen LogP contribution in [0.2, 0.25) is 0 Å². The molecule has 0 spiro atoms. The molecule has 28 heavy (non-hydrogen) atoms. The van der Waals surface area contributed by atoms with Gasteiger partial charge in [0, 0.05) is 36.4 Å². The lowest BCUT2D eigenvalue weighted by Crippen LogP contribution is -2.41. The Morgan fingerprint density at radius 2 is 1.89 bits per heavy atom. The number of hydrogen-bond acceptors (Lipinski definition) is 4. The molecule has 148 valence electrons. The minimum absolute atomic E-state index is 0.0178. The Hall–Kier alpha value is -2.50. The molecular weight excluding hydrogens is 352 g/mol. The highest BCUT2D eigenvalue weighted by Crippen LogP contribution is 2.47. The second-order valence-electron chi connectivity index (χ2n) is 8.58. The number of aromatic amines is 1. The fourth-order valence-corrected chi connectivity index (χ4v) is 4.27. The maximum absolute atomic E-state index is 12.8. The van der Waals surface area contributed by atoms with Crippen LogP contribution in [0.3, 0.4) is 0 Å². The lowest BCUT2D eigenvalue weighted by atomic mass is 9.88. The van der Waals surface area contributed by atoms with Gasteiger partial charge in [0.1, 0.15) is 12.2 Å². The van der Waals surface area contributed by atoms with Crippen LogP contribution in [0.25, 0.3) is 0 Å². The van der Waals surface area contributed by atoms with Gasteiger partial charge in [0.05, 0.1) is 0 Å². The summed E-state index contributed by atoms with van der Waals surface area (Å²) in [6, 6.07) is 8.07. The van der Waals surface area contributed by atoms with Crippen molar-refractivity contribution in [2.75, 3.05) is 13.1 Å². The van der Waals surface area contributed by atoms with Crippen molar-refractivity contribution in [3.63, 3.8) is 0 Å². The van der Waals surface area contributed by atoms with Crippen LogP contribution in [0, 0.1) is 17.8 Å². The first-order valence-electron chi connectivity index (χ1n) is 10.3. The van der Waals surface area contributed by atoms with E-state index in [1.54, 1.807) is 0 Å². The van der Waals surface area contributed by atoms with E-state index in [-0.39, 0.29) is 29.4 Å². The van der Waals surface area contributed by atoms with Gasteiger partial charge in [-0.3, -0.25) is 14.7 Å². The second kappa shape index (κ2) is 7.86. The van der Waals surface area contributed by atoms with Crippen molar-refractivity contribution >= 4 is 11.7 Å². The summed E-state index contributed by atoms with van der Waals surface area (Å²) < 4.78 is 0. The molecule has 0 unspecified atom stereocenters. The van der Waals surface area contributed by atoms with Crippen molar-refractivity contribution < 1.29 is 9.59 Å². The summed E-state index contributed by atoms with van der Waals surface area (Å²) in [5, 5.41) is 6.73. The van der Waals surface area contributed by atoms with Crippen LogP contribution >= 0.6 is 0 Å². The molecule has 6 nitrogen and oxygen atoms in total. The predicted octanol–water partition coefficient (Wildman–Crippen LogP) is 3.23. The Labute approximate surface area is 165 Å². The number of nitrogens with zero attached hydrogens (tertiary/aromatic N) is 3. The van der Waals surface area contributed by atoms with Crippen LogP contribution in [0.15, 0.2) is 30.6 Å². The molecule has 2 heterocycles. The molecule has 2 aromatic rings. The average molecular weight is 380 g/mol. The van der Waals surface area contributed by atoms with E-state index in [2.05, 4.69) is 41.2 Å². The maximum Gasteiger partial charge on any atom is 0.226 e. The number of piperidine rings is 1. The summed E-state index contributed by atoms with van der Waals surface area (Å²) in [7, 11) is 0. The molecule has 1 aliphatic heterocycles. The van der Waals surface area contributed by atoms with Gasteiger partial charge < -0.3 is 4.90 Å². The zero-order valence-electron chi connectivity index (χ0n) is 16.6. The zero-order valence-corrected chi connectivity index (χ0v) is 16.6. The highest BCUT2D eigenvalue weighted by Gasteiger charge is 2.48.